The Morgan fingerprint density at radius 2 is 0.842 bits per heavy atom. The van der Waals surface area contributed by atoms with Crippen LogP contribution in [0.15, 0.2) is 194 Å². The number of rotatable bonds is 8. The molecule has 1 aliphatic rings. The molecule has 2 heteroatoms. The van der Waals surface area contributed by atoms with Crippen LogP contribution in [-0.2, 0) is 5.41 Å². The average Bonchev–Trinajstić information content (AvgIpc) is 3.58. The molecule has 0 N–H and O–H groups in total. The second-order valence-corrected chi connectivity index (χ2v) is 15.2. The first-order chi connectivity index (χ1) is 28.1. The van der Waals surface area contributed by atoms with Crippen molar-refractivity contribution in [3.8, 4) is 78.4 Å². The van der Waals surface area contributed by atoms with Gasteiger partial charge >= 0.3 is 0 Å². The first kappa shape index (κ1) is 34.6. The van der Waals surface area contributed by atoms with E-state index in [9.17, 15) is 0 Å². The molecular formula is C55H42N2. The van der Waals surface area contributed by atoms with Crippen LogP contribution in [0.5, 0.6) is 0 Å². The lowest BCUT2D eigenvalue weighted by Gasteiger charge is -2.30. The molecule has 1 aromatic heterocycles. The Morgan fingerprint density at radius 3 is 1.60 bits per heavy atom. The number of nitrogens with zero attached hydrogens (tertiary/aromatic N) is 2. The van der Waals surface area contributed by atoms with E-state index >= 15 is 0 Å². The quantitative estimate of drug-likeness (QED) is 0.156. The van der Waals surface area contributed by atoms with E-state index in [0.29, 0.717) is 5.82 Å². The molecule has 8 aromatic carbocycles. The van der Waals surface area contributed by atoms with Crippen molar-refractivity contribution in [3.05, 3.63) is 205 Å². The second kappa shape index (κ2) is 14.3. The summed E-state index contributed by atoms with van der Waals surface area (Å²) in [6, 6.07) is 70.0. The topological polar surface area (TPSA) is 25.8 Å². The summed E-state index contributed by atoms with van der Waals surface area (Å²) in [6.07, 6.45) is 2.18. The van der Waals surface area contributed by atoms with Gasteiger partial charge in [0.15, 0.2) is 5.82 Å². The number of fused-ring (bicyclic) bond motifs is 4. The highest BCUT2D eigenvalue weighted by Crippen LogP contribution is 2.53. The predicted molar refractivity (Wildman–Crippen MR) is 239 cm³/mol. The van der Waals surface area contributed by atoms with Gasteiger partial charge in [0.05, 0.1) is 11.4 Å². The van der Waals surface area contributed by atoms with Crippen LogP contribution in [0.3, 0.4) is 0 Å². The van der Waals surface area contributed by atoms with Crippen molar-refractivity contribution in [2.24, 2.45) is 0 Å². The Balaban J connectivity index is 1.04. The van der Waals surface area contributed by atoms with Crippen LogP contribution in [0.1, 0.15) is 37.8 Å². The fraction of sp³-hybridized carbons (Fsp3) is 0.0909. The van der Waals surface area contributed by atoms with Crippen LogP contribution in [-0.4, -0.2) is 9.97 Å². The van der Waals surface area contributed by atoms with Crippen molar-refractivity contribution < 1.29 is 0 Å². The molecule has 1 heterocycles. The molecule has 57 heavy (non-hydrogen) atoms. The number of hydrogen-bond acceptors (Lipinski definition) is 2. The molecule has 0 spiro atoms. The highest BCUT2D eigenvalue weighted by Gasteiger charge is 2.40. The van der Waals surface area contributed by atoms with Crippen molar-refractivity contribution in [2.45, 2.75) is 32.1 Å². The maximum absolute atomic E-state index is 5.23. The van der Waals surface area contributed by atoms with Crippen LogP contribution in [0, 0.1) is 0 Å². The SMILES string of the molecule is CCC1(CC)c2ccccc2-c2ccc(-c3ccc(-c4ccc(-c5cc(-c6cccc(-c7ccccc7)c6)nc(-c6ccccc6)n5)c5ccccc45)cc3)cc21. The first-order valence-electron chi connectivity index (χ1n) is 20.1. The number of aromatic nitrogens is 2. The molecule has 1 aliphatic carbocycles. The van der Waals surface area contributed by atoms with E-state index in [-0.39, 0.29) is 5.41 Å². The normalized spacial score (nSPS) is 12.7. The predicted octanol–water partition coefficient (Wildman–Crippen LogP) is 14.7. The van der Waals surface area contributed by atoms with Gasteiger partial charge in [-0.1, -0.05) is 190 Å². The van der Waals surface area contributed by atoms with E-state index in [1.807, 2.05) is 18.2 Å². The Hall–Kier alpha value is -6.90. The zero-order chi connectivity index (χ0) is 38.3. The summed E-state index contributed by atoms with van der Waals surface area (Å²) >= 11 is 0. The summed E-state index contributed by atoms with van der Waals surface area (Å²) < 4.78 is 0. The molecule has 0 fully saturated rings. The fourth-order valence-electron chi connectivity index (χ4n) is 9.20. The molecule has 272 valence electrons. The minimum Gasteiger partial charge on any atom is -0.228 e. The van der Waals surface area contributed by atoms with E-state index < -0.39 is 0 Å². The van der Waals surface area contributed by atoms with Gasteiger partial charge in [0, 0.05) is 22.1 Å². The molecule has 0 bridgehead atoms. The van der Waals surface area contributed by atoms with E-state index in [0.717, 1.165) is 51.9 Å². The van der Waals surface area contributed by atoms with Gasteiger partial charge in [-0.25, -0.2) is 9.97 Å². The van der Waals surface area contributed by atoms with Gasteiger partial charge < -0.3 is 0 Å². The Bertz CT molecular complexity index is 2910. The summed E-state index contributed by atoms with van der Waals surface area (Å²) in [5.74, 6) is 0.711. The van der Waals surface area contributed by atoms with Crippen LogP contribution in [0.25, 0.3) is 89.2 Å². The minimum atomic E-state index is 0.0566. The zero-order valence-corrected chi connectivity index (χ0v) is 32.3. The minimum absolute atomic E-state index is 0.0566. The molecule has 0 saturated heterocycles. The van der Waals surface area contributed by atoms with Crippen molar-refractivity contribution in [3.63, 3.8) is 0 Å². The van der Waals surface area contributed by atoms with Gasteiger partial charge in [-0.3, -0.25) is 0 Å². The largest absolute Gasteiger partial charge is 0.228 e. The lowest BCUT2D eigenvalue weighted by atomic mass is 9.73. The molecule has 10 rings (SSSR count). The molecular weight excluding hydrogens is 689 g/mol. The van der Waals surface area contributed by atoms with E-state index in [2.05, 4.69) is 190 Å². The van der Waals surface area contributed by atoms with E-state index in [4.69, 9.17) is 9.97 Å². The van der Waals surface area contributed by atoms with Gasteiger partial charge in [0.2, 0.25) is 0 Å². The van der Waals surface area contributed by atoms with Gasteiger partial charge in [0.1, 0.15) is 0 Å². The lowest BCUT2D eigenvalue weighted by Crippen LogP contribution is -2.23. The molecule has 9 aromatic rings. The highest BCUT2D eigenvalue weighted by molar-refractivity contribution is 6.05. The molecule has 0 unspecified atom stereocenters. The van der Waals surface area contributed by atoms with E-state index in [1.165, 1.54) is 55.5 Å². The van der Waals surface area contributed by atoms with Gasteiger partial charge in [-0.2, -0.15) is 0 Å². The smallest absolute Gasteiger partial charge is 0.160 e. The third-order valence-corrected chi connectivity index (χ3v) is 12.2. The van der Waals surface area contributed by atoms with Crippen molar-refractivity contribution in [2.75, 3.05) is 0 Å². The lowest BCUT2D eigenvalue weighted by molar-refractivity contribution is 0.490. The third-order valence-electron chi connectivity index (χ3n) is 12.2. The molecule has 0 saturated carbocycles. The number of hydrogen-bond donors (Lipinski definition) is 0. The molecule has 0 amide bonds. The van der Waals surface area contributed by atoms with Gasteiger partial charge in [0.25, 0.3) is 0 Å². The molecule has 0 radical (unpaired) electrons. The second-order valence-electron chi connectivity index (χ2n) is 15.2. The van der Waals surface area contributed by atoms with Crippen LogP contribution in [0.2, 0.25) is 0 Å². The van der Waals surface area contributed by atoms with Crippen LogP contribution in [0.4, 0.5) is 0 Å². The van der Waals surface area contributed by atoms with Gasteiger partial charge in [-0.05, 0) is 97.4 Å². The monoisotopic (exact) mass is 730 g/mol. The maximum Gasteiger partial charge on any atom is 0.160 e. The molecule has 0 atom stereocenters. The summed E-state index contributed by atoms with van der Waals surface area (Å²) in [5.41, 5.74) is 17.9. The Morgan fingerprint density at radius 1 is 0.333 bits per heavy atom. The fourth-order valence-corrected chi connectivity index (χ4v) is 9.20. The molecule has 2 nitrogen and oxygen atoms in total. The van der Waals surface area contributed by atoms with Crippen LogP contribution >= 0.6 is 0 Å². The Kier molecular flexibility index (Phi) is 8.68. The van der Waals surface area contributed by atoms with E-state index in [1.54, 1.807) is 0 Å². The summed E-state index contributed by atoms with van der Waals surface area (Å²) in [7, 11) is 0. The van der Waals surface area contributed by atoms with Gasteiger partial charge in [-0.15, -0.1) is 0 Å². The Labute approximate surface area is 335 Å². The highest BCUT2D eigenvalue weighted by atomic mass is 14.9. The van der Waals surface area contributed by atoms with Crippen LogP contribution < -0.4 is 0 Å². The number of benzene rings is 8. The maximum atomic E-state index is 5.23. The van der Waals surface area contributed by atoms with Crippen molar-refractivity contribution >= 4 is 10.8 Å². The summed E-state index contributed by atoms with van der Waals surface area (Å²) in [5, 5.41) is 2.36. The summed E-state index contributed by atoms with van der Waals surface area (Å²) in [6.45, 7) is 4.67. The molecule has 0 aliphatic heterocycles. The average molecular weight is 731 g/mol. The standard InChI is InChI=1S/C55H42N2/c1-3-55(4-2)50-25-14-13-24-47(50)48-31-30-42(35-51(48)55)38-26-28-39(29-27-38)44-32-33-49(46-23-12-11-22-45(44)46)53-36-52(56-54(57-53)40-18-9-6-10-19-40)43-21-15-20-41(34-43)37-16-7-5-8-17-37/h5-36H,3-4H2,1-2H3. The summed E-state index contributed by atoms with van der Waals surface area (Å²) in [4.78, 5) is 10.4. The van der Waals surface area contributed by atoms with Crippen molar-refractivity contribution in [1.82, 2.24) is 9.97 Å². The first-order valence-corrected chi connectivity index (χ1v) is 20.1. The zero-order valence-electron chi connectivity index (χ0n) is 32.3. The van der Waals surface area contributed by atoms with Crippen molar-refractivity contribution in [1.29, 1.82) is 0 Å². The third kappa shape index (κ3) is 5.97.